The number of halogens is 3. The molecule has 7 heteroatoms. The van der Waals surface area contributed by atoms with Gasteiger partial charge in [-0.3, -0.25) is 0 Å². The minimum Gasteiger partial charge on any atom is -0.360 e. The van der Waals surface area contributed by atoms with E-state index in [1.54, 1.807) is 24.3 Å². The highest BCUT2D eigenvalue weighted by Gasteiger charge is 2.48. The first-order valence-electron chi connectivity index (χ1n) is 5.29. The van der Waals surface area contributed by atoms with E-state index < -0.39 is 20.2 Å². The largest absolute Gasteiger partial charge is 0.501 e. The number of benzene rings is 1. The Balaban J connectivity index is 2.59. The standard InChI is InChI=1S/C12H10F3NO2S/c1-8-2-4-9(5-3-8)11-10(6-7-16-11)19(17,18)12(13,14)15/h2-7,16H,1H3. The number of rotatable bonds is 2. The highest BCUT2D eigenvalue weighted by molar-refractivity contribution is 7.92. The van der Waals surface area contributed by atoms with E-state index >= 15 is 0 Å². The van der Waals surface area contributed by atoms with E-state index in [1.807, 2.05) is 6.92 Å². The Labute approximate surface area is 108 Å². The minimum absolute atomic E-state index is 0.0580. The van der Waals surface area contributed by atoms with Gasteiger partial charge < -0.3 is 4.98 Å². The second-order valence-electron chi connectivity index (χ2n) is 4.03. The lowest BCUT2D eigenvalue weighted by Gasteiger charge is -2.09. The molecule has 0 aliphatic carbocycles. The molecule has 1 heterocycles. The molecular formula is C12H10F3NO2S. The summed E-state index contributed by atoms with van der Waals surface area (Å²) in [5.41, 5.74) is -4.06. The normalized spacial score (nSPS) is 12.6. The van der Waals surface area contributed by atoms with Gasteiger partial charge in [-0.15, -0.1) is 0 Å². The second-order valence-corrected chi connectivity index (χ2v) is 5.94. The third kappa shape index (κ3) is 2.37. The van der Waals surface area contributed by atoms with Crippen LogP contribution in [0, 0.1) is 6.92 Å². The van der Waals surface area contributed by atoms with Crippen LogP contribution in [0.4, 0.5) is 13.2 Å². The number of aromatic nitrogens is 1. The van der Waals surface area contributed by atoms with Crippen LogP contribution in [0.3, 0.4) is 0 Å². The molecule has 1 N–H and O–H groups in total. The Bertz CT molecular complexity index is 685. The molecule has 2 aromatic rings. The fraction of sp³-hybridized carbons (Fsp3) is 0.167. The van der Waals surface area contributed by atoms with Crippen molar-refractivity contribution in [1.29, 1.82) is 0 Å². The smallest absolute Gasteiger partial charge is 0.360 e. The van der Waals surface area contributed by atoms with Crippen LogP contribution in [0.5, 0.6) is 0 Å². The van der Waals surface area contributed by atoms with Crippen molar-refractivity contribution >= 4 is 9.84 Å². The first-order chi connectivity index (χ1) is 8.73. The molecule has 2 rings (SSSR count). The third-order valence-corrected chi connectivity index (χ3v) is 4.17. The minimum atomic E-state index is -5.35. The van der Waals surface area contributed by atoms with Gasteiger partial charge in [0.1, 0.15) is 4.90 Å². The molecular weight excluding hydrogens is 279 g/mol. The predicted molar refractivity (Wildman–Crippen MR) is 64.2 cm³/mol. The molecule has 0 radical (unpaired) electrons. The Morgan fingerprint density at radius 3 is 2.16 bits per heavy atom. The Morgan fingerprint density at radius 1 is 1.05 bits per heavy atom. The molecule has 0 aliphatic heterocycles. The number of sulfone groups is 1. The number of hydrogen-bond acceptors (Lipinski definition) is 2. The maximum absolute atomic E-state index is 12.6. The van der Waals surface area contributed by atoms with Crippen molar-refractivity contribution in [2.75, 3.05) is 0 Å². The van der Waals surface area contributed by atoms with E-state index in [-0.39, 0.29) is 5.69 Å². The summed E-state index contributed by atoms with van der Waals surface area (Å²) in [5.74, 6) is 0. The van der Waals surface area contributed by atoms with Crippen molar-refractivity contribution < 1.29 is 21.6 Å². The molecule has 1 aromatic heterocycles. The second kappa shape index (κ2) is 4.41. The van der Waals surface area contributed by atoms with Crippen LogP contribution < -0.4 is 0 Å². The maximum atomic E-state index is 12.6. The van der Waals surface area contributed by atoms with Crippen LogP contribution in [-0.2, 0) is 9.84 Å². The summed E-state index contributed by atoms with van der Waals surface area (Å²) >= 11 is 0. The third-order valence-electron chi connectivity index (χ3n) is 2.64. The molecule has 0 aliphatic rings. The summed E-state index contributed by atoms with van der Waals surface area (Å²) in [5, 5.41) is 0. The zero-order valence-corrected chi connectivity index (χ0v) is 10.6. The molecule has 0 saturated heterocycles. The van der Waals surface area contributed by atoms with Crippen LogP contribution in [0.15, 0.2) is 41.4 Å². The topological polar surface area (TPSA) is 49.9 Å². The lowest BCUT2D eigenvalue weighted by atomic mass is 10.1. The van der Waals surface area contributed by atoms with Gasteiger partial charge in [-0.25, -0.2) is 8.42 Å². The van der Waals surface area contributed by atoms with Gasteiger partial charge in [0.05, 0.1) is 5.69 Å². The average Bonchev–Trinajstić information content (AvgIpc) is 2.78. The molecule has 1 aromatic carbocycles. The van der Waals surface area contributed by atoms with E-state index in [0.717, 1.165) is 11.6 Å². The first-order valence-corrected chi connectivity index (χ1v) is 6.77. The zero-order valence-electron chi connectivity index (χ0n) is 9.82. The summed E-state index contributed by atoms with van der Waals surface area (Å²) in [4.78, 5) is 1.78. The number of aromatic amines is 1. The first kappa shape index (κ1) is 13.7. The molecule has 0 spiro atoms. The van der Waals surface area contributed by atoms with E-state index in [4.69, 9.17) is 0 Å². The Kier molecular flexibility index (Phi) is 3.17. The lowest BCUT2D eigenvalue weighted by Crippen LogP contribution is -2.23. The quantitative estimate of drug-likeness (QED) is 0.922. The molecule has 0 unspecified atom stereocenters. The molecule has 0 atom stereocenters. The van der Waals surface area contributed by atoms with Gasteiger partial charge in [0.2, 0.25) is 0 Å². The Morgan fingerprint density at radius 2 is 1.63 bits per heavy atom. The van der Waals surface area contributed by atoms with Crippen LogP contribution in [-0.4, -0.2) is 18.9 Å². The number of alkyl halides is 3. The van der Waals surface area contributed by atoms with E-state index in [1.165, 1.54) is 6.20 Å². The highest BCUT2D eigenvalue weighted by atomic mass is 32.2. The fourth-order valence-corrected chi connectivity index (χ4v) is 2.59. The van der Waals surface area contributed by atoms with Gasteiger partial charge in [-0.05, 0) is 18.6 Å². The zero-order chi connectivity index (χ0) is 14.3. The highest BCUT2D eigenvalue weighted by Crippen LogP contribution is 2.35. The van der Waals surface area contributed by atoms with E-state index in [9.17, 15) is 21.6 Å². The fourth-order valence-electron chi connectivity index (χ4n) is 1.65. The monoisotopic (exact) mass is 289 g/mol. The van der Waals surface area contributed by atoms with Gasteiger partial charge in [-0.2, -0.15) is 13.2 Å². The van der Waals surface area contributed by atoms with Crippen molar-refractivity contribution in [1.82, 2.24) is 4.98 Å². The van der Waals surface area contributed by atoms with Gasteiger partial charge in [-0.1, -0.05) is 29.8 Å². The van der Waals surface area contributed by atoms with Crippen molar-refractivity contribution in [2.45, 2.75) is 17.3 Å². The van der Waals surface area contributed by atoms with Gasteiger partial charge in [0.15, 0.2) is 0 Å². The summed E-state index contributed by atoms with van der Waals surface area (Å²) < 4.78 is 60.5. The summed E-state index contributed by atoms with van der Waals surface area (Å²) in [6, 6.07) is 7.44. The van der Waals surface area contributed by atoms with Crippen LogP contribution in [0.25, 0.3) is 11.3 Å². The molecule has 0 bridgehead atoms. The van der Waals surface area contributed by atoms with Gasteiger partial charge in [0.25, 0.3) is 9.84 Å². The van der Waals surface area contributed by atoms with Crippen molar-refractivity contribution in [2.24, 2.45) is 0 Å². The molecule has 3 nitrogen and oxygen atoms in total. The van der Waals surface area contributed by atoms with Crippen LogP contribution in [0.2, 0.25) is 0 Å². The summed E-state index contributed by atoms with van der Waals surface area (Å²) in [6.07, 6.45) is 1.17. The number of hydrogen-bond donors (Lipinski definition) is 1. The van der Waals surface area contributed by atoms with E-state index in [2.05, 4.69) is 4.98 Å². The maximum Gasteiger partial charge on any atom is 0.501 e. The molecule has 0 amide bonds. The summed E-state index contributed by atoms with van der Waals surface area (Å²) in [7, 11) is -5.35. The van der Waals surface area contributed by atoms with Crippen LogP contribution >= 0.6 is 0 Å². The molecule has 102 valence electrons. The van der Waals surface area contributed by atoms with Crippen molar-refractivity contribution in [3.63, 3.8) is 0 Å². The Hall–Kier alpha value is -1.76. The van der Waals surface area contributed by atoms with Crippen molar-refractivity contribution in [3.8, 4) is 11.3 Å². The molecule has 0 saturated carbocycles. The number of nitrogens with one attached hydrogen (secondary N) is 1. The van der Waals surface area contributed by atoms with E-state index in [0.29, 0.717) is 5.56 Å². The van der Waals surface area contributed by atoms with Crippen LogP contribution in [0.1, 0.15) is 5.56 Å². The average molecular weight is 289 g/mol. The molecule has 0 fully saturated rings. The number of aryl methyl sites for hydroxylation is 1. The summed E-state index contributed by atoms with van der Waals surface area (Å²) in [6.45, 7) is 1.83. The molecule has 19 heavy (non-hydrogen) atoms. The lowest BCUT2D eigenvalue weighted by molar-refractivity contribution is -0.0435. The van der Waals surface area contributed by atoms with Gasteiger partial charge in [0, 0.05) is 6.20 Å². The van der Waals surface area contributed by atoms with Crippen molar-refractivity contribution in [3.05, 3.63) is 42.1 Å². The SMILES string of the molecule is Cc1ccc(-c2[nH]ccc2S(=O)(=O)C(F)(F)F)cc1. The number of H-pyrrole nitrogens is 1. The van der Waals surface area contributed by atoms with Gasteiger partial charge >= 0.3 is 5.51 Å². The predicted octanol–water partition coefficient (Wildman–Crippen LogP) is 3.28.